The second-order valence-corrected chi connectivity index (χ2v) is 5.55. The van der Waals surface area contributed by atoms with Crippen LogP contribution < -0.4 is 5.73 Å². The van der Waals surface area contributed by atoms with Crippen LogP contribution in [0.5, 0.6) is 0 Å². The van der Waals surface area contributed by atoms with Crippen LogP contribution in [-0.2, 0) is 6.54 Å². The first-order chi connectivity index (χ1) is 8.70. The largest absolute Gasteiger partial charge is 0.345 e. The molecule has 0 aliphatic heterocycles. The molecule has 0 radical (unpaired) electrons. The number of aromatic amines is 1. The molecule has 18 heavy (non-hydrogen) atoms. The fourth-order valence-corrected chi connectivity index (χ4v) is 2.83. The Morgan fingerprint density at radius 2 is 2.28 bits per heavy atom. The van der Waals surface area contributed by atoms with Gasteiger partial charge in [-0.1, -0.05) is 6.07 Å². The molecule has 2 aromatic rings. The van der Waals surface area contributed by atoms with Gasteiger partial charge in [-0.3, -0.25) is 0 Å². The fraction of sp³-hybridized carbons (Fsp3) is 0.500. The lowest BCUT2D eigenvalue weighted by Crippen LogP contribution is -2.41. The number of hydrogen-bond donors (Lipinski definition) is 2. The molecular weight excluding hydrogens is 224 g/mol. The summed E-state index contributed by atoms with van der Waals surface area (Å²) in [6.45, 7) is 2.13. The lowest BCUT2D eigenvalue weighted by Gasteiger charge is -2.35. The van der Waals surface area contributed by atoms with Crippen LogP contribution in [0, 0.1) is 5.92 Å². The Bertz CT molecular complexity index is 527. The molecule has 3 rings (SSSR count). The number of nitrogens with two attached hydrogens (primary N) is 1. The molecule has 1 aromatic heterocycles. The van der Waals surface area contributed by atoms with Gasteiger partial charge in [-0.15, -0.1) is 0 Å². The molecule has 0 unspecified atom stereocenters. The van der Waals surface area contributed by atoms with E-state index in [4.69, 9.17) is 5.73 Å². The van der Waals surface area contributed by atoms with E-state index in [9.17, 15) is 0 Å². The summed E-state index contributed by atoms with van der Waals surface area (Å²) in [5.41, 5.74) is 9.30. The Balaban J connectivity index is 1.60. The standard InChI is InChI=1S/C14H20N4/c1-18(8-11-4-12(15)5-11)7-10-2-3-13-14(6-10)17-9-16-13/h2-3,6,9,11-12H,4-5,7-8,15H2,1H3,(H,16,17). The van der Waals surface area contributed by atoms with E-state index in [-0.39, 0.29) is 0 Å². The van der Waals surface area contributed by atoms with Crippen LogP contribution in [0.3, 0.4) is 0 Å². The number of aromatic nitrogens is 2. The summed E-state index contributed by atoms with van der Waals surface area (Å²) in [6, 6.07) is 6.87. The molecule has 1 aromatic carbocycles. The van der Waals surface area contributed by atoms with Crippen molar-refractivity contribution in [2.75, 3.05) is 13.6 Å². The van der Waals surface area contributed by atoms with Gasteiger partial charge in [0.2, 0.25) is 0 Å². The highest BCUT2D eigenvalue weighted by molar-refractivity contribution is 5.74. The molecule has 0 atom stereocenters. The second kappa shape index (κ2) is 4.71. The van der Waals surface area contributed by atoms with E-state index in [2.05, 4.69) is 40.1 Å². The lowest BCUT2D eigenvalue weighted by atomic mass is 9.80. The molecule has 1 heterocycles. The summed E-state index contributed by atoms with van der Waals surface area (Å²) in [4.78, 5) is 9.77. The maximum atomic E-state index is 5.82. The number of benzene rings is 1. The normalized spacial score (nSPS) is 23.5. The van der Waals surface area contributed by atoms with Gasteiger partial charge in [0.05, 0.1) is 17.4 Å². The quantitative estimate of drug-likeness (QED) is 0.861. The van der Waals surface area contributed by atoms with Crippen molar-refractivity contribution in [1.82, 2.24) is 14.9 Å². The highest BCUT2D eigenvalue weighted by atomic mass is 15.1. The first kappa shape index (κ1) is 11.7. The number of hydrogen-bond acceptors (Lipinski definition) is 3. The molecule has 0 amide bonds. The smallest absolute Gasteiger partial charge is 0.0931 e. The predicted octanol–water partition coefficient (Wildman–Crippen LogP) is 1.73. The molecule has 1 saturated carbocycles. The Kier molecular flexibility index (Phi) is 3.06. The molecule has 1 aliphatic rings. The number of fused-ring (bicyclic) bond motifs is 1. The third kappa shape index (κ3) is 2.40. The van der Waals surface area contributed by atoms with Crippen molar-refractivity contribution in [3.63, 3.8) is 0 Å². The molecule has 4 heteroatoms. The van der Waals surface area contributed by atoms with Gasteiger partial charge in [0.1, 0.15) is 0 Å². The van der Waals surface area contributed by atoms with E-state index in [1.165, 1.54) is 18.4 Å². The number of nitrogens with zero attached hydrogens (tertiary/aromatic N) is 2. The fourth-order valence-electron chi connectivity index (χ4n) is 2.83. The van der Waals surface area contributed by atoms with E-state index in [1.807, 2.05) is 0 Å². The molecule has 3 N–H and O–H groups in total. The number of rotatable bonds is 4. The van der Waals surface area contributed by atoms with Crippen LogP contribution in [-0.4, -0.2) is 34.5 Å². The van der Waals surface area contributed by atoms with Crippen LogP contribution in [0.15, 0.2) is 24.5 Å². The third-order valence-electron chi connectivity index (χ3n) is 3.78. The van der Waals surface area contributed by atoms with E-state index < -0.39 is 0 Å². The van der Waals surface area contributed by atoms with E-state index in [0.717, 1.165) is 30.0 Å². The van der Waals surface area contributed by atoms with Crippen molar-refractivity contribution >= 4 is 11.0 Å². The van der Waals surface area contributed by atoms with Gasteiger partial charge < -0.3 is 15.6 Å². The van der Waals surface area contributed by atoms with Crippen LogP contribution in [0.2, 0.25) is 0 Å². The Labute approximate surface area is 107 Å². The van der Waals surface area contributed by atoms with Gasteiger partial charge in [0.15, 0.2) is 0 Å². The first-order valence-electron chi connectivity index (χ1n) is 6.57. The lowest BCUT2D eigenvalue weighted by molar-refractivity contribution is 0.178. The summed E-state index contributed by atoms with van der Waals surface area (Å²) in [5, 5.41) is 0. The van der Waals surface area contributed by atoms with Crippen LogP contribution in [0.4, 0.5) is 0 Å². The van der Waals surface area contributed by atoms with E-state index >= 15 is 0 Å². The predicted molar refractivity (Wildman–Crippen MR) is 73.1 cm³/mol. The monoisotopic (exact) mass is 244 g/mol. The summed E-state index contributed by atoms with van der Waals surface area (Å²) in [5.74, 6) is 0.792. The molecular formula is C14H20N4. The molecule has 1 aliphatic carbocycles. The molecule has 96 valence electrons. The number of imidazole rings is 1. The van der Waals surface area contributed by atoms with Crippen molar-refractivity contribution in [2.24, 2.45) is 11.7 Å². The van der Waals surface area contributed by atoms with Gasteiger partial charge >= 0.3 is 0 Å². The average molecular weight is 244 g/mol. The van der Waals surface area contributed by atoms with Gasteiger partial charge in [0.25, 0.3) is 0 Å². The summed E-state index contributed by atoms with van der Waals surface area (Å²) in [6.07, 6.45) is 4.11. The second-order valence-electron chi connectivity index (χ2n) is 5.55. The minimum atomic E-state index is 0.449. The van der Waals surface area contributed by atoms with Crippen LogP contribution >= 0.6 is 0 Å². The Morgan fingerprint density at radius 1 is 1.44 bits per heavy atom. The minimum absolute atomic E-state index is 0.449. The molecule has 0 bridgehead atoms. The average Bonchev–Trinajstić information content (AvgIpc) is 2.74. The maximum absolute atomic E-state index is 5.82. The van der Waals surface area contributed by atoms with Gasteiger partial charge in [0, 0.05) is 19.1 Å². The highest BCUT2D eigenvalue weighted by Gasteiger charge is 2.26. The molecule has 0 spiro atoms. The Hall–Kier alpha value is -1.39. The van der Waals surface area contributed by atoms with Gasteiger partial charge in [-0.05, 0) is 43.5 Å². The zero-order valence-corrected chi connectivity index (χ0v) is 10.8. The molecule has 4 nitrogen and oxygen atoms in total. The van der Waals surface area contributed by atoms with Crippen molar-refractivity contribution in [1.29, 1.82) is 0 Å². The highest BCUT2D eigenvalue weighted by Crippen LogP contribution is 2.26. The van der Waals surface area contributed by atoms with Crippen molar-refractivity contribution < 1.29 is 0 Å². The van der Waals surface area contributed by atoms with Crippen molar-refractivity contribution in [2.45, 2.75) is 25.4 Å². The SMILES string of the molecule is CN(Cc1ccc2nc[nH]c2c1)CC1CC(N)C1. The van der Waals surface area contributed by atoms with Gasteiger partial charge in [-0.2, -0.15) is 0 Å². The Morgan fingerprint density at radius 3 is 3.06 bits per heavy atom. The summed E-state index contributed by atoms with van der Waals surface area (Å²) < 4.78 is 0. The first-order valence-corrected chi connectivity index (χ1v) is 6.57. The molecule has 0 saturated heterocycles. The van der Waals surface area contributed by atoms with Crippen molar-refractivity contribution in [3.05, 3.63) is 30.1 Å². The van der Waals surface area contributed by atoms with E-state index in [1.54, 1.807) is 6.33 Å². The third-order valence-corrected chi connectivity index (χ3v) is 3.78. The van der Waals surface area contributed by atoms with Crippen LogP contribution in [0.25, 0.3) is 11.0 Å². The molecule has 1 fully saturated rings. The number of nitrogens with one attached hydrogen (secondary N) is 1. The summed E-state index contributed by atoms with van der Waals surface area (Å²) in [7, 11) is 2.18. The zero-order chi connectivity index (χ0) is 12.5. The van der Waals surface area contributed by atoms with Gasteiger partial charge in [-0.25, -0.2) is 4.98 Å². The number of H-pyrrole nitrogens is 1. The van der Waals surface area contributed by atoms with Crippen molar-refractivity contribution in [3.8, 4) is 0 Å². The topological polar surface area (TPSA) is 57.9 Å². The van der Waals surface area contributed by atoms with Crippen LogP contribution in [0.1, 0.15) is 18.4 Å². The maximum Gasteiger partial charge on any atom is 0.0931 e. The van der Waals surface area contributed by atoms with E-state index in [0.29, 0.717) is 6.04 Å². The zero-order valence-electron chi connectivity index (χ0n) is 10.8. The minimum Gasteiger partial charge on any atom is -0.345 e. The summed E-state index contributed by atoms with van der Waals surface area (Å²) >= 11 is 0.